The number of ketones is 1. The molecule has 2 N–H and O–H groups in total. The Kier molecular flexibility index (Phi) is 9.85. The van der Waals surface area contributed by atoms with Crippen molar-refractivity contribution in [3.63, 3.8) is 0 Å². The third kappa shape index (κ3) is 7.48. The average Bonchev–Trinajstić information content (AvgIpc) is 3.57. The predicted octanol–water partition coefficient (Wildman–Crippen LogP) is 6.65. The zero-order chi connectivity index (χ0) is 32.2. The average molecular weight is 617 g/mol. The normalized spacial score (nSPS) is 15.3. The van der Waals surface area contributed by atoms with Gasteiger partial charge >= 0.3 is 12.3 Å². The Morgan fingerprint density at radius 1 is 1.11 bits per heavy atom. The smallest absolute Gasteiger partial charge is 0.416 e. The number of aromatic nitrogens is 4. The summed E-state index contributed by atoms with van der Waals surface area (Å²) < 4.78 is 42.4. The third-order valence-corrected chi connectivity index (χ3v) is 8.11. The number of halogens is 3. The fourth-order valence-electron chi connectivity index (χ4n) is 5.36. The van der Waals surface area contributed by atoms with Crippen LogP contribution >= 0.6 is 0 Å². The lowest BCUT2D eigenvalue weighted by Crippen LogP contribution is -2.57. The highest BCUT2D eigenvalue weighted by Gasteiger charge is 2.42. The van der Waals surface area contributed by atoms with Crippen LogP contribution in [0, 0.1) is 5.41 Å². The van der Waals surface area contributed by atoms with Crippen LogP contribution in [0.25, 0.3) is 11.3 Å². The van der Waals surface area contributed by atoms with E-state index >= 15 is 0 Å². The molecule has 2 atom stereocenters. The molecule has 1 aliphatic rings. The summed E-state index contributed by atoms with van der Waals surface area (Å²) in [5.74, 6) is -1.36. The zero-order valence-electron chi connectivity index (χ0n) is 25.3. The monoisotopic (exact) mass is 616 g/mol. The number of imidazole rings is 1. The van der Waals surface area contributed by atoms with E-state index in [9.17, 15) is 32.7 Å². The Bertz CT molecular complexity index is 1450. The number of nitrogens with zero attached hydrogens (tertiary/aromatic N) is 5. The van der Waals surface area contributed by atoms with Crippen LogP contribution in [-0.2, 0) is 22.3 Å². The van der Waals surface area contributed by atoms with E-state index in [0.29, 0.717) is 29.9 Å². The van der Waals surface area contributed by atoms with Gasteiger partial charge in [0.25, 0.3) is 5.91 Å². The topological polar surface area (TPSA) is 122 Å². The van der Waals surface area contributed by atoms with Gasteiger partial charge in [-0.15, -0.1) is 0 Å². The van der Waals surface area contributed by atoms with Crippen LogP contribution in [0.15, 0.2) is 49.1 Å². The van der Waals surface area contributed by atoms with E-state index in [2.05, 4.69) is 15.4 Å². The molecule has 238 valence electrons. The summed E-state index contributed by atoms with van der Waals surface area (Å²) in [5.41, 5.74) is -0.575. The number of nitrogens with one attached hydrogen (secondary N) is 1. The molecule has 1 fully saturated rings. The molecule has 2 amide bonds. The quantitative estimate of drug-likeness (QED) is 0.220. The van der Waals surface area contributed by atoms with Crippen LogP contribution in [0.3, 0.4) is 0 Å². The number of carbonyl (C=O) groups is 3. The zero-order valence-corrected chi connectivity index (χ0v) is 25.3. The molecule has 0 spiro atoms. The molecule has 3 aromatic rings. The van der Waals surface area contributed by atoms with Crippen LogP contribution in [0.2, 0.25) is 0 Å². The van der Waals surface area contributed by atoms with Gasteiger partial charge in [0, 0.05) is 24.4 Å². The van der Waals surface area contributed by atoms with Gasteiger partial charge in [-0.2, -0.15) is 18.3 Å². The molecule has 2 heterocycles. The number of hydrogen-bond acceptors (Lipinski definition) is 5. The molecule has 0 radical (unpaired) electrons. The van der Waals surface area contributed by atoms with Crippen molar-refractivity contribution in [3.8, 4) is 11.3 Å². The van der Waals surface area contributed by atoms with E-state index in [1.54, 1.807) is 27.7 Å². The van der Waals surface area contributed by atoms with Crippen molar-refractivity contribution in [2.75, 3.05) is 5.32 Å². The van der Waals surface area contributed by atoms with Gasteiger partial charge in [-0.1, -0.05) is 52.7 Å². The SMILES string of the molecule is CCCC[C@@H](C(=O)C(=O)Nc1ccnn1C1CCC1)N(C(=O)O)C(Cn1cnc(-c2ccc(C(F)(F)F)cc2)c1)C(C)(C)C. The number of unbranched alkanes of at least 4 members (excludes halogenated alkanes) is 1. The number of alkyl halides is 3. The first-order valence-electron chi connectivity index (χ1n) is 14.8. The molecule has 0 saturated heterocycles. The number of amides is 2. The molecule has 0 aliphatic heterocycles. The maximum absolute atomic E-state index is 13.7. The van der Waals surface area contributed by atoms with Gasteiger partial charge in [0.15, 0.2) is 0 Å². The number of anilines is 1. The van der Waals surface area contributed by atoms with Crippen molar-refractivity contribution >= 4 is 23.6 Å². The van der Waals surface area contributed by atoms with Crippen molar-refractivity contribution in [1.82, 2.24) is 24.2 Å². The summed E-state index contributed by atoms with van der Waals surface area (Å²) in [4.78, 5) is 45.3. The molecule has 1 aliphatic carbocycles. The van der Waals surface area contributed by atoms with Crippen molar-refractivity contribution in [1.29, 1.82) is 0 Å². The molecule has 1 aromatic carbocycles. The fourth-order valence-corrected chi connectivity index (χ4v) is 5.36. The molecule has 1 unspecified atom stereocenters. The largest absolute Gasteiger partial charge is 0.465 e. The number of rotatable bonds is 12. The highest BCUT2D eigenvalue weighted by atomic mass is 19.4. The van der Waals surface area contributed by atoms with Crippen molar-refractivity contribution in [2.45, 2.75) is 97.1 Å². The summed E-state index contributed by atoms with van der Waals surface area (Å²) in [7, 11) is 0. The molecule has 2 aromatic heterocycles. The molecule has 1 saturated carbocycles. The third-order valence-electron chi connectivity index (χ3n) is 8.11. The van der Waals surface area contributed by atoms with E-state index in [1.807, 2.05) is 27.7 Å². The Morgan fingerprint density at radius 2 is 1.80 bits per heavy atom. The highest BCUT2D eigenvalue weighted by Crippen LogP contribution is 2.34. The van der Waals surface area contributed by atoms with Crippen LogP contribution < -0.4 is 5.32 Å². The molecular formula is C31H39F3N6O4. The molecular weight excluding hydrogens is 577 g/mol. The Hall–Kier alpha value is -4.16. The minimum absolute atomic E-state index is 0.0927. The maximum Gasteiger partial charge on any atom is 0.416 e. The summed E-state index contributed by atoms with van der Waals surface area (Å²) in [6, 6.07) is 4.37. The molecule has 0 bridgehead atoms. The van der Waals surface area contributed by atoms with E-state index in [-0.39, 0.29) is 19.0 Å². The molecule has 4 rings (SSSR count). The summed E-state index contributed by atoms with van der Waals surface area (Å²) >= 11 is 0. The van der Waals surface area contributed by atoms with Crippen LogP contribution in [0.4, 0.5) is 23.8 Å². The fraction of sp³-hybridized carbons (Fsp3) is 0.516. The van der Waals surface area contributed by atoms with Crippen LogP contribution in [0.5, 0.6) is 0 Å². The summed E-state index contributed by atoms with van der Waals surface area (Å²) in [5, 5.41) is 17.4. The summed E-state index contributed by atoms with van der Waals surface area (Å²) in [6.07, 6.45) is 3.12. The lowest BCUT2D eigenvalue weighted by atomic mass is 9.84. The van der Waals surface area contributed by atoms with Crippen molar-refractivity contribution < 1.29 is 32.7 Å². The minimum Gasteiger partial charge on any atom is -0.465 e. The Balaban J connectivity index is 1.59. The van der Waals surface area contributed by atoms with Gasteiger partial charge in [0.2, 0.25) is 5.78 Å². The second-order valence-electron chi connectivity index (χ2n) is 12.3. The van der Waals surface area contributed by atoms with Crippen LogP contribution in [-0.4, -0.2) is 59.2 Å². The van der Waals surface area contributed by atoms with Crippen LogP contribution in [0.1, 0.15) is 77.8 Å². The second kappa shape index (κ2) is 13.2. The van der Waals surface area contributed by atoms with Gasteiger partial charge in [-0.3, -0.25) is 14.5 Å². The lowest BCUT2D eigenvalue weighted by Gasteiger charge is -2.42. The first kappa shape index (κ1) is 32.7. The van der Waals surface area contributed by atoms with E-state index in [4.69, 9.17) is 0 Å². The van der Waals surface area contributed by atoms with Gasteiger partial charge in [0.05, 0.1) is 35.9 Å². The first-order chi connectivity index (χ1) is 20.7. The van der Waals surface area contributed by atoms with Gasteiger partial charge < -0.3 is 15.0 Å². The minimum atomic E-state index is -4.46. The number of carbonyl (C=O) groups excluding carboxylic acids is 2. The van der Waals surface area contributed by atoms with E-state index in [1.165, 1.54) is 18.5 Å². The lowest BCUT2D eigenvalue weighted by molar-refractivity contribution is -0.139. The van der Waals surface area contributed by atoms with E-state index < -0.39 is 47.0 Å². The van der Waals surface area contributed by atoms with Gasteiger partial charge in [0.1, 0.15) is 11.9 Å². The number of Topliss-reactive ketones (excluding diaryl/α,β-unsaturated/α-hetero) is 1. The number of hydrogen-bond donors (Lipinski definition) is 2. The molecule has 10 nitrogen and oxygen atoms in total. The first-order valence-corrected chi connectivity index (χ1v) is 14.8. The predicted molar refractivity (Wildman–Crippen MR) is 158 cm³/mol. The Morgan fingerprint density at radius 3 is 2.34 bits per heavy atom. The maximum atomic E-state index is 13.7. The van der Waals surface area contributed by atoms with E-state index in [0.717, 1.165) is 36.3 Å². The van der Waals surface area contributed by atoms with Gasteiger partial charge in [-0.05, 0) is 43.2 Å². The Labute approximate surface area is 254 Å². The highest BCUT2D eigenvalue weighted by molar-refractivity contribution is 6.42. The molecule has 13 heteroatoms. The standard InChI is InChI=1S/C31H39F3N6O4/c1-5-6-10-24(27(41)28(42)37-26-15-16-36-40(26)22-8-7-9-22)39(29(43)44)25(30(2,3)4)18-38-17-23(35-19-38)20-11-13-21(14-12-20)31(32,33)34/h11-17,19,22,24-25H,5-10,18H2,1-4H3,(H,37,42)(H,43,44)/t24-,25?/m0/s1. The van der Waals surface area contributed by atoms with Crippen molar-refractivity contribution in [3.05, 3.63) is 54.6 Å². The number of benzene rings is 1. The van der Waals surface area contributed by atoms with Gasteiger partial charge in [-0.25, -0.2) is 14.5 Å². The summed E-state index contributed by atoms with van der Waals surface area (Å²) in [6.45, 7) is 7.55. The van der Waals surface area contributed by atoms with Crippen molar-refractivity contribution in [2.24, 2.45) is 5.41 Å². The molecule has 44 heavy (non-hydrogen) atoms. The second-order valence-corrected chi connectivity index (χ2v) is 12.3. The number of carboxylic acid groups (broad SMARTS) is 1.